The molecule has 1 atom stereocenters. The molecule has 5 nitrogen and oxygen atoms in total. The average molecular weight is 265 g/mol. The number of nitrogens with one attached hydrogen (secondary N) is 2. The summed E-state index contributed by atoms with van der Waals surface area (Å²) in [5.74, 6) is 0. The predicted molar refractivity (Wildman–Crippen MR) is 77.3 cm³/mol. The molecule has 0 aromatic heterocycles. The zero-order chi connectivity index (χ0) is 14.3. The third-order valence-electron chi connectivity index (χ3n) is 2.93. The van der Waals surface area contributed by atoms with E-state index in [1.807, 2.05) is 50.2 Å². The van der Waals surface area contributed by atoms with Crippen molar-refractivity contribution in [1.29, 1.82) is 0 Å². The summed E-state index contributed by atoms with van der Waals surface area (Å²) in [4.78, 5) is 13.6. The van der Waals surface area contributed by atoms with E-state index in [4.69, 9.17) is 5.11 Å². The molecule has 5 heteroatoms. The number of amides is 2. The molecule has 1 unspecified atom stereocenters. The lowest BCUT2D eigenvalue weighted by atomic mass is 10.2. The molecule has 0 aliphatic carbocycles. The fraction of sp³-hybridized carbons (Fsp3) is 0.500. The van der Waals surface area contributed by atoms with Gasteiger partial charge in [-0.25, -0.2) is 4.79 Å². The minimum atomic E-state index is -0.254. The minimum Gasteiger partial charge on any atom is -0.394 e. The fourth-order valence-electron chi connectivity index (χ4n) is 1.64. The van der Waals surface area contributed by atoms with Gasteiger partial charge in [0.1, 0.15) is 0 Å². The number of carbonyl (C=O) groups excluding carboxylic acids is 1. The second-order valence-corrected chi connectivity index (χ2v) is 4.68. The number of nitrogens with zero attached hydrogens (tertiary/aromatic N) is 1. The van der Waals surface area contributed by atoms with E-state index >= 15 is 0 Å². The van der Waals surface area contributed by atoms with Gasteiger partial charge in [0.2, 0.25) is 0 Å². The van der Waals surface area contributed by atoms with Gasteiger partial charge in [0.25, 0.3) is 0 Å². The van der Waals surface area contributed by atoms with Gasteiger partial charge >= 0.3 is 6.03 Å². The molecule has 1 aromatic rings. The number of benzene rings is 1. The third-order valence-corrected chi connectivity index (χ3v) is 2.93. The van der Waals surface area contributed by atoms with E-state index in [0.717, 1.165) is 11.3 Å². The van der Waals surface area contributed by atoms with Gasteiger partial charge in [0.05, 0.1) is 12.6 Å². The Labute approximate surface area is 114 Å². The van der Waals surface area contributed by atoms with Gasteiger partial charge in [-0.15, -0.1) is 0 Å². The zero-order valence-corrected chi connectivity index (χ0v) is 11.8. The highest BCUT2D eigenvalue weighted by Gasteiger charge is 2.08. The summed E-state index contributed by atoms with van der Waals surface area (Å²) in [6.45, 7) is 2.34. The maximum absolute atomic E-state index is 11.6. The monoisotopic (exact) mass is 265 g/mol. The minimum absolute atomic E-state index is 0.0416. The van der Waals surface area contributed by atoms with Crippen LogP contribution in [-0.4, -0.2) is 37.9 Å². The van der Waals surface area contributed by atoms with E-state index in [1.165, 1.54) is 0 Å². The van der Waals surface area contributed by atoms with E-state index in [-0.39, 0.29) is 18.7 Å². The Morgan fingerprint density at radius 2 is 2.16 bits per heavy atom. The number of aliphatic hydroxyl groups is 1. The summed E-state index contributed by atoms with van der Waals surface area (Å²) in [5.41, 5.74) is 2.14. The SMILES string of the molecule is CCC(CO)NC(=O)NCc1cccc(N(C)C)c1. The lowest BCUT2D eigenvalue weighted by Crippen LogP contribution is -2.43. The molecule has 0 spiro atoms. The summed E-state index contributed by atoms with van der Waals surface area (Å²) in [5, 5.41) is 14.5. The Bertz CT molecular complexity index is 403. The van der Waals surface area contributed by atoms with Crippen LogP contribution in [0.15, 0.2) is 24.3 Å². The fourth-order valence-corrected chi connectivity index (χ4v) is 1.64. The van der Waals surface area contributed by atoms with Crippen molar-refractivity contribution in [2.24, 2.45) is 0 Å². The van der Waals surface area contributed by atoms with E-state index in [2.05, 4.69) is 10.6 Å². The normalized spacial score (nSPS) is 11.8. The number of anilines is 1. The molecule has 1 rings (SSSR count). The Morgan fingerprint density at radius 3 is 2.74 bits per heavy atom. The highest BCUT2D eigenvalue weighted by atomic mass is 16.3. The maximum atomic E-state index is 11.6. The molecular formula is C14H23N3O2. The molecule has 0 radical (unpaired) electrons. The standard InChI is InChI=1S/C14H23N3O2/c1-4-12(10-18)16-14(19)15-9-11-6-5-7-13(8-11)17(2)3/h5-8,12,18H,4,9-10H2,1-3H3,(H2,15,16,19). The molecule has 0 bridgehead atoms. The Hall–Kier alpha value is -1.75. The molecule has 0 fully saturated rings. The van der Waals surface area contributed by atoms with Crippen molar-refractivity contribution < 1.29 is 9.90 Å². The van der Waals surface area contributed by atoms with Crippen LogP contribution in [0.2, 0.25) is 0 Å². The lowest BCUT2D eigenvalue weighted by molar-refractivity contribution is 0.214. The molecule has 2 amide bonds. The van der Waals surface area contributed by atoms with Crippen LogP contribution in [0.1, 0.15) is 18.9 Å². The van der Waals surface area contributed by atoms with E-state index in [9.17, 15) is 4.79 Å². The quantitative estimate of drug-likeness (QED) is 0.727. The second kappa shape index (κ2) is 7.63. The van der Waals surface area contributed by atoms with Crippen LogP contribution in [0.3, 0.4) is 0 Å². The molecule has 106 valence electrons. The van der Waals surface area contributed by atoms with Crippen LogP contribution < -0.4 is 15.5 Å². The second-order valence-electron chi connectivity index (χ2n) is 4.68. The first-order valence-electron chi connectivity index (χ1n) is 6.48. The third kappa shape index (κ3) is 5.18. The number of hydrogen-bond acceptors (Lipinski definition) is 3. The smallest absolute Gasteiger partial charge is 0.315 e. The number of rotatable bonds is 6. The molecule has 0 saturated carbocycles. The Morgan fingerprint density at radius 1 is 1.42 bits per heavy atom. The molecular weight excluding hydrogens is 242 g/mol. The van der Waals surface area contributed by atoms with Crippen molar-refractivity contribution in [3.8, 4) is 0 Å². The maximum Gasteiger partial charge on any atom is 0.315 e. The first-order valence-corrected chi connectivity index (χ1v) is 6.48. The molecule has 19 heavy (non-hydrogen) atoms. The van der Waals surface area contributed by atoms with Gasteiger partial charge in [-0.05, 0) is 24.1 Å². The highest BCUT2D eigenvalue weighted by Crippen LogP contribution is 2.12. The Balaban J connectivity index is 2.48. The van der Waals surface area contributed by atoms with Gasteiger partial charge in [-0.3, -0.25) is 0 Å². The number of hydrogen-bond donors (Lipinski definition) is 3. The van der Waals surface area contributed by atoms with E-state index < -0.39 is 0 Å². The van der Waals surface area contributed by atoms with Gasteiger partial charge < -0.3 is 20.6 Å². The molecule has 1 aromatic carbocycles. The molecule has 0 aliphatic rings. The molecule has 0 saturated heterocycles. The number of aliphatic hydroxyl groups excluding tert-OH is 1. The van der Waals surface area contributed by atoms with E-state index in [0.29, 0.717) is 13.0 Å². The van der Waals surface area contributed by atoms with Crippen molar-refractivity contribution in [2.75, 3.05) is 25.6 Å². The van der Waals surface area contributed by atoms with Gasteiger partial charge in [-0.2, -0.15) is 0 Å². The zero-order valence-electron chi connectivity index (χ0n) is 11.8. The van der Waals surface area contributed by atoms with Crippen LogP contribution in [0, 0.1) is 0 Å². The van der Waals surface area contributed by atoms with Gasteiger partial charge in [0, 0.05) is 26.3 Å². The van der Waals surface area contributed by atoms with Crippen LogP contribution in [0.5, 0.6) is 0 Å². The summed E-state index contributed by atoms with van der Waals surface area (Å²) >= 11 is 0. The van der Waals surface area contributed by atoms with Crippen molar-refractivity contribution in [3.63, 3.8) is 0 Å². The van der Waals surface area contributed by atoms with Crippen molar-refractivity contribution in [3.05, 3.63) is 29.8 Å². The molecule has 0 heterocycles. The predicted octanol–water partition coefficient (Wildman–Crippen LogP) is 1.32. The Kier molecular flexibility index (Phi) is 6.15. The number of urea groups is 1. The first kappa shape index (κ1) is 15.3. The summed E-state index contributed by atoms with van der Waals surface area (Å²) in [6.07, 6.45) is 0.708. The highest BCUT2D eigenvalue weighted by molar-refractivity contribution is 5.74. The van der Waals surface area contributed by atoms with E-state index in [1.54, 1.807) is 0 Å². The van der Waals surface area contributed by atoms with Crippen LogP contribution in [-0.2, 0) is 6.54 Å². The molecule has 3 N–H and O–H groups in total. The topological polar surface area (TPSA) is 64.6 Å². The van der Waals surface area contributed by atoms with Crippen molar-refractivity contribution in [1.82, 2.24) is 10.6 Å². The largest absolute Gasteiger partial charge is 0.394 e. The molecule has 0 aliphatic heterocycles. The van der Waals surface area contributed by atoms with Gasteiger partial charge in [-0.1, -0.05) is 19.1 Å². The lowest BCUT2D eigenvalue weighted by Gasteiger charge is -2.16. The summed E-state index contributed by atoms with van der Waals surface area (Å²) in [7, 11) is 3.96. The average Bonchev–Trinajstić information content (AvgIpc) is 2.42. The number of carbonyl (C=O) groups is 1. The van der Waals surface area contributed by atoms with Gasteiger partial charge in [0.15, 0.2) is 0 Å². The summed E-state index contributed by atoms with van der Waals surface area (Å²) in [6, 6.07) is 7.54. The van der Waals surface area contributed by atoms with Crippen LogP contribution in [0.25, 0.3) is 0 Å². The first-order chi connectivity index (χ1) is 9.06. The van der Waals surface area contributed by atoms with Crippen molar-refractivity contribution in [2.45, 2.75) is 25.9 Å². The van der Waals surface area contributed by atoms with Crippen LogP contribution in [0.4, 0.5) is 10.5 Å². The van der Waals surface area contributed by atoms with Crippen molar-refractivity contribution >= 4 is 11.7 Å². The van der Waals surface area contributed by atoms with Crippen LogP contribution >= 0.6 is 0 Å². The summed E-state index contributed by atoms with van der Waals surface area (Å²) < 4.78 is 0.